The average molecular weight is 232 g/mol. The number of aliphatic hydroxyl groups excluding tert-OH is 1. The molecule has 0 spiro atoms. The molecule has 0 bridgehead atoms. The SMILES string of the molecule is [N-]=[N+]=NC(CO)c1ccc(C(F)(F)F)nc1. The zero-order chi connectivity index (χ0) is 12.2. The standard InChI is InChI=1S/C8H7F3N4O/c9-8(10,11)7-2-1-5(3-13-7)6(4-16)14-15-12/h1-3,6,16H,4H2. The van der Waals surface area contributed by atoms with Gasteiger partial charge in [0.2, 0.25) is 0 Å². The summed E-state index contributed by atoms with van der Waals surface area (Å²) in [6, 6.07) is 0.968. The van der Waals surface area contributed by atoms with E-state index in [0.717, 1.165) is 18.3 Å². The molecule has 5 nitrogen and oxygen atoms in total. The van der Waals surface area contributed by atoms with Gasteiger partial charge in [0.1, 0.15) is 5.69 Å². The van der Waals surface area contributed by atoms with Crippen LogP contribution in [0.2, 0.25) is 0 Å². The van der Waals surface area contributed by atoms with Gasteiger partial charge in [-0.05, 0) is 17.2 Å². The van der Waals surface area contributed by atoms with Crippen LogP contribution in [0, 0.1) is 0 Å². The molecule has 1 N–H and O–H groups in total. The number of nitrogens with zero attached hydrogens (tertiary/aromatic N) is 4. The Labute approximate surface area is 88.2 Å². The highest BCUT2D eigenvalue weighted by Gasteiger charge is 2.32. The van der Waals surface area contributed by atoms with Crippen molar-refractivity contribution in [2.75, 3.05) is 6.61 Å². The first kappa shape index (κ1) is 12.3. The summed E-state index contributed by atoms with van der Waals surface area (Å²) >= 11 is 0. The number of hydrogen-bond acceptors (Lipinski definition) is 3. The van der Waals surface area contributed by atoms with Gasteiger partial charge in [0.05, 0.1) is 12.6 Å². The van der Waals surface area contributed by atoms with E-state index in [4.69, 9.17) is 10.6 Å². The number of alkyl halides is 3. The molecule has 1 aromatic heterocycles. The van der Waals surface area contributed by atoms with Crippen molar-refractivity contribution in [3.8, 4) is 0 Å². The van der Waals surface area contributed by atoms with Crippen LogP contribution >= 0.6 is 0 Å². The Bertz CT molecular complexity index is 397. The largest absolute Gasteiger partial charge is 0.433 e. The highest BCUT2D eigenvalue weighted by Crippen LogP contribution is 2.28. The van der Waals surface area contributed by atoms with E-state index >= 15 is 0 Å². The third-order valence-corrected chi connectivity index (χ3v) is 1.83. The van der Waals surface area contributed by atoms with Gasteiger partial charge < -0.3 is 5.11 Å². The Morgan fingerprint density at radius 3 is 2.56 bits per heavy atom. The fraction of sp³-hybridized carbons (Fsp3) is 0.375. The van der Waals surface area contributed by atoms with Gasteiger partial charge in [-0.25, -0.2) is 0 Å². The van der Waals surface area contributed by atoms with Crippen LogP contribution in [0.1, 0.15) is 17.3 Å². The highest BCUT2D eigenvalue weighted by atomic mass is 19.4. The first-order chi connectivity index (χ1) is 7.49. The van der Waals surface area contributed by atoms with E-state index in [1.807, 2.05) is 0 Å². The maximum atomic E-state index is 12.2. The molecule has 1 rings (SSSR count). The topological polar surface area (TPSA) is 81.9 Å². The molecular weight excluding hydrogens is 225 g/mol. The molecule has 0 saturated heterocycles. The fourth-order valence-electron chi connectivity index (χ4n) is 1.04. The molecule has 0 aromatic carbocycles. The van der Waals surface area contributed by atoms with Gasteiger partial charge in [0.25, 0.3) is 0 Å². The van der Waals surface area contributed by atoms with Crippen molar-refractivity contribution in [1.29, 1.82) is 0 Å². The molecule has 0 fully saturated rings. The molecule has 16 heavy (non-hydrogen) atoms. The Hall–Kier alpha value is -1.79. The number of rotatable bonds is 3. The molecule has 1 atom stereocenters. The van der Waals surface area contributed by atoms with Crippen molar-refractivity contribution in [1.82, 2.24) is 4.98 Å². The number of azide groups is 1. The summed E-state index contributed by atoms with van der Waals surface area (Å²) in [6.45, 7) is -0.489. The predicted octanol–water partition coefficient (Wildman–Crippen LogP) is 2.44. The molecule has 1 aromatic rings. The van der Waals surface area contributed by atoms with Gasteiger partial charge in [-0.15, -0.1) is 0 Å². The lowest BCUT2D eigenvalue weighted by Crippen LogP contribution is -2.09. The third-order valence-electron chi connectivity index (χ3n) is 1.83. The van der Waals surface area contributed by atoms with Crippen molar-refractivity contribution < 1.29 is 18.3 Å². The molecule has 0 amide bonds. The average Bonchev–Trinajstić information content (AvgIpc) is 2.25. The summed E-state index contributed by atoms with van der Waals surface area (Å²) in [4.78, 5) is 5.65. The summed E-state index contributed by atoms with van der Waals surface area (Å²) in [5.41, 5.74) is 7.36. The lowest BCUT2D eigenvalue weighted by atomic mass is 10.1. The molecule has 0 saturated carbocycles. The number of halogens is 3. The molecule has 1 heterocycles. The van der Waals surface area contributed by atoms with Crippen LogP contribution in [-0.4, -0.2) is 16.7 Å². The number of hydrogen-bond donors (Lipinski definition) is 1. The molecule has 0 aliphatic rings. The summed E-state index contributed by atoms with van der Waals surface area (Å²) < 4.78 is 36.5. The second-order valence-corrected chi connectivity index (χ2v) is 2.88. The summed E-state index contributed by atoms with van der Waals surface area (Å²) in [6.07, 6.45) is -3.58. The second kappa shape index (κ2) is 4.82. The lowest BCUT2D eigenvalue weighted by molar-refractivity contribution is -0.141. The minimum Gasteiger partial charge on any atom is -0.396 e. The maximum Gasteiger partial charge on any atom is 0.433 e. The van der Waals surface area contributed by atoms with Gasteiger partial charge in [-0.1, -0.05) is 11.2 Å². The van der Waals surface area contributed by atoms with Gasteiger partial charge >= 0.3 is 6.18 Å². The smallest absolute Gasteiger partial charge is 0.396 e. The van der Waals surface area contributed by atoms with E-state index in [2.05, 4.69) is 15.0 Å². The van der Waals surface area contributed by atoms with Gasteiger partial charge in [-0.2, -0.15) is 13.2 Å². The summed E-state index contributed by atoms with van der Waals surface area (Å²) in [5, 5.41) is 12.0. The zero-order valence-corrected chi connectivity index (χ0v) is 7.89. The van der Waals surface area contributed by atoms with E-state index in [1.54, 1.807) is 0 Å². The van der Waals surface area contributed by atoms with E-state index in [0.29, 0.717) is 0 Å². The van der Waals surface area contributed by atoms with E-state index in [1.165, 1.54) is 0 Å². The van der Waals surface area contributed by atoms with Crippen LogP contribution < -0.4 is 0 Å². The van der Waals surface area contributed by atoms with Crippen molar-refractivity contribution in [2.45, 2.75) is 12.2 Å². The van der Waals surface area contributed by atoms with Crippen LogP contribution in [-0.2, 0) is 6.18 Å². The first-order valence-electron chi connectivity index (χ1n) is 4.17. The molecule has 8 heteroatoms. The van der Waals surface area contributed by atoms with Crippen molar-refractivity contribution in [3.05, 3.63) is 40.0 Å². The first-order valence-corrected chi connectivity index (χ1v) is 4.17. The third kappa shape index (κ3) is 2.85. The van der Waals surface area contributed by atoms with Crippen LogP contribution in [0.15, 0.2) is 23.4 Å². The number of aromatic nitrogens is 1. The van der Waals surface area contributed by atoms with Crippen molar-refractivity contribution in [3.63, 3.8) is 0 Å². The molecule has 0 radical (unpaired) electrons. The molecule has 1 unspecified atom stereocenters. The molecule has 0 aliphatic carbocycles. The second-order valence-electron chi connectivity index (χ2n) is 2.88. The molecule has 86 valence electrons. The Kier molecular flexibility index (Phi) is 3.70. The molecule has 0 aliphatic heterocycles. The number of aliphatic hydroxyl groups is 1. The quantitative estimate of drug-likeness (QED) is 0.493. The van der Waals surface area contributed by atoms with Crippen molar-refractivity contribution >= 4 is 0 Å². The maximum absolute atomic E-state index is 12.2. The Balaban J connectivity index is 2.98. The van der Waals surface area contributed by atoms with Crippen LogP contribution in [0.3, 0.4) is 0 Å². The minimum atomic E-state index is -4.51. The van der Waals surface area contributed by atoms with Crippen LogP contribution in [0.25, 0.3) is 10.4 Å². The fourth-order valence-corrected chi connectivity index (χ4v) is 1.04. The highest BCUT2D eigenvalue weighted by molar-refractivity contribution is 5.19. The minimum absolute atomic E-state index is 0.230. The Morgan fingerprint density at radius 1 is 1.50 bits per heavy atom. The predicted molar refractivity (Wildman–Crippen MR) is 48.2 cm³/mol. The lowest BCUT2D eigenvalue weighted by Gasteiger charge is -2.09. The molecular formula is C8H7F3N4O. The normalized spacial score (nSPS) is 13.0. The van der Waals surface area contributed by atoms with Crippen molar-refractivity contribution in [2.24, 2.45) is 5.11 Å². The Morgan fingerprint density at radius 2 is 2.19 bits per heavy atom. The summed E-state index contributed by atoms with van der Waals surface area (Å²) in [5.74, 6) is 0. The van der Waals surface area contributed by atoms with E-state index in [-0.39, 0.29) is 5.56 Å². The number of pyridine rings is 1. The monoisotopic (exact) mass is 232 g/mol. The van der Waals surface area contributed by atoms with Crippen LogP contribution in [0.4, 0.5) is 13.2 Å². The van der Waals surface area contributed by atoms with E-state index in [9.17, 15) is 13.2 Å². The summed E-state index contributed by atoms with van der Waals surface area (Å²) in [7, 11) is 0. The van der Waals surface area contributed by atoms with Gasteiger partial charge in [0.15, 0.2) is 0 Å². The van der Waals surface area contributed by atoms with Gasteiger partial charge in [-0.3, -0.25) is 4.98 Å². The van der Waals surface area contributed by atoms with E-state index < -0.39 is 24.5 Å². The van der Waals surface area contributed by atoms with Crippen LogP contribution in [0.5, 0.6) is 0 Å². The van der Waals surface area contributed by atoms with Gasteiger partial charge in [0, 0.05) is 11.1 Å². The zero-order valence-electron chi connectivity index (χ0n) is 7.89.